The van der Waals surface area contributed by atoms with Crippen LogP contribution in [0.3, 0.4) is 0 Å². The van der Waals surface area contributed by atoms with Crippen molar-refractivity contribution in [2.75, 3.05) is 0 Å². The molecule has 1 aliphatic rings. The molecule has 0 amide bonds. The molecule has 0 aromatic heterocycles. The lowest BCUT2D eigenvalue weighted by Crippen LogP contribution is -2.05. The molecule has 2 N–H and O–H groups in total. The third-order valence-corrected chi connectivity index (χ3v) is 4.28. The Morgan fingerprint density at radius 1 is 1.16 bits per heavy atom. The van der Waals surface area contributed by atoms with Crippen LogP contribution < -0.4 is 10.5 Å². The van der Waals surface area contributed by atoms with Crippen molar-refractivity contribution in [2.45, 2.75) is 25.5 Å². The van der Waals surface area contributed by atoms with Crippen molar-refractivity contribution < 1.29 is 4.74 Å². The number of rotatable bonds is 3. The molecule has 0 bridgehead atoms. The molecular formula is C16H16INO. The number of aryl methyl sites for hydroxylation is 1. The van der Waals surface area contributed by atoms with E-state index in [1.165, 1.54) is 20.3 Å². The fourth-order valence-electron chi connectivity index (χ4n) is 2.46. The summed E-state index contributed by atoms with van der Waals surface area (Å²) < 4.78 is 7.09. The topological polar surface area (TPSA) is 35.2 Å². The zero-order chi connectivity index (χ0) is 13.2. The molecule has 2 nitrogen and oxygen atoms in total. The minimum absolute atomic E-state index is 0.209. The Labute approximate surface area is 127 Å². The summed E-state index contributed by atoms with van der Waals surface area (Å²) in [6, 6.07) is 14.9. The van der Waals surface area contributed by atoms with Crippen LogP contribution in [0.15, 0.2) is 42.5 Å². The third-order valence-electron chi connectivity index (χ3n) is 3.56. The molecule has 0 aliphatic heterocycles. The first-order valence-electron chi connectivity index (χ1n) is 6.48. The monoisotopic (exact) mass is 365 g/mol. The van der Waals surface area contributed by atoms with E-state index in [4.69, 9.17) is 10.5 Å². The van der Waals surface area contributed by atoms with Gasteiger partial charge in [-0.3, -0.25) is 0 Å². The summed E-state index contributed by atoms with van der Waals surface area (Å²) in [6.45, 7) is 0.613. The van der Waals surface area contributed by atoms with Crippen LogP contribution in [0.2, 0.25) is 0 Å². The summed E-state index contributed by atoms with van der Waals surface area (Å²) in [6.07, 6.45) is 2.12. The highest BCUT2D eigenvalue weighted by Gasteiger charge is 2.18. The van der Waals surface area contributed by atoms with Gasteiger partial charge in [0.2, 0.25) is 0 Å². The molecule has 3 heteroatoms. The van der Waals surface area contributed by atoms with Crippen LogP contribution >= 0.6 is 22.6 Å². The van der Waals surface area contributed by atoms with E-state index in [1.54, 1.807) is 0 Å². The highest BCUT2D eigenvalue weighted by molar-refractivity contribution is 14.1. The van der Waals surface area contributed by atoms with Crippen molar-refractivity contribution in [1.29, 1.82) is 0 Å². The fourth-order valence-corrected chi connectivity index (χ4v) is 2.82. The van der Waals surface area contributed by atoms with Gasteiger partial charge in [0.15, 0.2) is 0 Å². The highest BCUT2D eigenvalue weighted by atomic mass is 127. The highest BCUT2D eigenvalue weighted by Crippen LogP contribution is 2.32. The summed E-state index contributed by atoms with van der Waals surface area (Å²) >= 11 is 2.31. The van der Waals surface area contributed by atoms with Gasteiger partial charge in [-0.05, 0) is 76.4 Å². The normalized spacial score (nSPS) is 17.3. The summed E-state index contributed by atoms with van der Waals surface area (Å²) in [5, 5.41) is 0. The number of ether oxygens (including phenoxy) is 1. The molecule has 0 fully saturated rings. The van der Waals surface area contributed by atoms with Crippen LogP contribution in [-0.4, -0.2) is 0 Å². The van der Waals surface area contributed by atoms with Gasteiger partial charge in [-0.1, -0.05) is 18.2 Å². The number of nitrogens with two attached hydrogens (primary N) is 1. The van der Waals surface area contributed by atoms with Gasteiger partial charge in [-0.15, -0.1) is 0 Å². The van der Waals surface area contributed by atoms with Crippen LogP contribution in [0.5, 0.6) is 5.75 Å². The van der Waals surface area contributed by atoms with Crippen LogP contribution in [-0.2, 0) is 13.0 Å². The molecule has 0 saturated heterocycles. The number of benzene rings is 2. The molecule has 19 heavy (non-hydrogen) atoms. The Hall–Kier alpha value is -1.07. The fraction of sp³-hybridized carbons (Fsp3) is 0.250. The standard InChI is InChI=1S/C16H16INO/c17-13-4-1-11(2-5-13)10-19-14-6-7-15-12(9-14)3-8-16(15)18/h1-2,4-7,9,16H,3,8,10,18H2/t16-/m1/s1. The minimum atomic E-state index is 0.209. The van der Waals surface area contributed by atoms with E-state index < -0.39 is 0 Å². The molecule has 1 aliphatic carbocycles. The van der Waals surface area contributed by atoms with E-state index in [0.717, 1.165) is 18.6 Å². The van der Waals surface area contributed by atoms with Crippen molar-refractivity contribution in [3.05, 3.63) is 62.7 Å². The molecule has 0 spiro atoms. The van der Waals surface area contributed by atoms with Gasteiger partial charge in [0.1, 0.15) is 12.4 Å². The first-order valence-corrected chi connectivity index (χ1v) is 7.56. The summed E-state index contributed by atoms with van der Waals surface area (Å²) in [7, 11) is 0. The zero-order valence-corrected chi connectivity index (χ0v) is 12.8. The van der Waals surface area contributed by atoms with Crippen molar-refractivity contribution >= 4 is 22.6 Å². The van der Waals surface area contributed by atoms with Crippen LogP contribution in [0, 0.1) is 3.57 Å². The van der Waals surface area contributed by atoms with Gasteiger partial charge in [-0.2, -0.15) is 0 Å². The number of fused-ring (bicyclic) bond motifs is 1. The predicted molar refractivity (Wildman–Crippen MR) is 85.2 cm³/mol. The van der Waals surface area contributed by atoms with E-state index in [1.807, 2.05) is 6.07 Å². The lowest BCUT2D eigenvalue weighted by Gasteiger charge is -2.09. The van der Waals surface area contributed by atoms with E-state index in [9.17, 15) is 0 Å². The number of hydrogen-bond donors (Lipinski definition) is 1. The van der Waals surface area contributed by atoms with Crippen molar-refractivity contribution in [1.82, 2.24) is 0 Å². The molecule has 0 unspecified atom stereocenters. The molecule has 0 radical (unpaired) electrons. The van der Waals surface area contributed by atoms with Gasteiger partial charge in [0.25, 0.3) is 0 Å². The largest absolute Gasteiger partial charge is 0.489 e. The number of hydrogen-bond acceptors (Lipinski definition) is 2. The Morgan fingerprint density at radius 2 is 1.95 bits per heavy atom. The lowest BCUT2D eigenvalue weighted by atomic mass is 10.1. The molecule has 3 rings (SSSR count). The van der Waals surface area contributed by atoms with Crippen molar-refractivity contribution in [3.8, 4) is 5.75 Å². The third kappa shape index (κ3) is 2.92. The molecule has 2 aromatic carbocycles. The Kier molecular flexibility index (Phi) is 3.75. The van der Waals surface area contributed by atoms with E-state index in [-0.39, 0.29) is 6.04 Å². The molecule has 0 saturated carbocycles. The maximum atomic E-state index is 6.03. The van der Waals surface area contributed by atoms with Crippen LogP contribution in [0.4, 0.5) is 0 Å². The van der Waals surface area contributed by atoms with Crippen molar-refractivity contribution in [3.63, 3.8) is 0 Å². The van der Waals surface area contributed by atoms with Gasteiger partial charge in [0.05, 0.1) is 0 Å². The van der Waals surface area contributed by atoms with Gasteiger partial charge in [-0.25, -0.2) is 0 Å². The first-order chi connectivity index (χ1) is 9.22. The molecular weight excluding hydrogens is 349 g/mol. The van der Waals surface area contributed by atoms with Crippen LogP contribution in [0.25, 0.3) is 0 Å². The molecule has 98 valence electrons. The summed E-state index contributed by atoms with van der Waals surface area (Å²) in [5.74, 6) is 0.936. The summed E-state index contributed by atoms with van der Waals surface area (Å²) in [4.78, 5) is 0. The first kappa shape index (κ1) is 12.9. The van der Waals surface area contributed by atoms with E-state index in [0.29, 0.717) is 6.61 Å². The number of halogens is 1. The second-order valence-corrected chi connectivity index (χ2v) is 6.17. The van der Waals surface area contributed by atoms with Gasteiger partial charge < -0.3 is 10.5 Å². The second kappa shape index (κ2) is 5.51. The molecule has 1 atom stereocenters. The average Bonchev–Trinajstić information content (AvgIpc) is 2.79. The Bertz CT molecular complexity index is 580. The average molecular weight is 365 g/mol. The Morgan fingerprint density at radius 3 is 2.74 bits per heavy atom. The maximum Gasteiger partial charge on any atom is 0.120 e. The second-order valence-electron chi connectivity index (χ2n) is 4.92. The summed E-state index contributed by atoms with van der Waals surface area (Å²) in [5.41, 5.74) is 9.85. The Balaban J connectivity index is 1.69. The van der Waals surface area contributed by atoms with Gasteiger partial charge in [0, 0.05) is 9.61 Å². The van der Waals surface area contributed by atoms with E-state index in [2.05, 4.69) is 59.0 Å². The molecule has 2 aromatic rings. The predicted octanol–water partition coefficient (Wildman–Crippen LogP) is 3.82. The quantitative estimate of drug-likeness (QED) is 0.840. The van der Waals surface area contributed by atoms with Gasteiger partial charge >= 0.3 is 0 Å². The zero-order valence-electron chi connectivity index (χ0n) is 10.6. The van der Waals surface area contributed by atoms with Crippen molar-refractivity contribution in [2.24, 2.45) is 5.73 Å². The SMILES string of the molecule is N[C@@H]1CCc2cc(OCc3ccc(I)cc3)ccc21. The molecule has 0 heterocycles. The maximum absolute atomic E-state index is 6.03. The van der Waals surface area contributed by atoms with Crippen LogP contribution in [0.1, 0.15) is 29.2 Å². The lowest BCUT2D eigenvalue weighted by molar-refractivity contribution is 0.306. The van der Waals surface area contributed by atoms with E-state index >= 15 is 0 Å². The minimum Gasteiger partial charge on any atom is -0.489 e. The smallest absolute Gasteiger partial charge is 0.120 e.